The summed E-state index contributed by atoms with van der Waals surface area (Å²) >= 11 is 1.29. The van der Waals surface area contributed by atoms with Gasteiger partial charge in [-0.1, -0.05) is 5.16 Å². The van der Waals surface area contributed by atoms with Gasteiger partial charge in [-0.15, -0.1) is 0 Å². The highest BCUT2D eigenvalue weighted by Gasteiger charge is 2.28. The van der Waals surface area contributed by atoms with Crippen molar-refractivity contribution in [3.05, 3.63) is 17.0 Å². The van der Waals surface area contributed by atoms with Crippen LogP contribution in [0.2, 0.25) is 0 Å². The average Bonchev–Trinajstić information content (AvgIpc) is 2.63. The Hall–Kier alpha value is -1.01. The molecule has 1 N–H and O–H groups in total. The Morgan fingerprint density at radius 3 is 2.80 bits per heavy atom. The van der Waals surface area contributed by atoms with E-state index in [2.05, 4.69) is 10.6 Å². The third kappa shape index (κ3) is 2.00. The van der Waals surface area contributed by atoms with E-state index in [1.807, 2.05) is 20.8 Å². The van der Waals surface area contributed by atoms with Crippen LogP contribution in [-0.4, -0.2) is 20.8 Å². The molecule has 6 heteroatoms. The zero-order valence-corrected chi connectivity index (χ0v) is 9.72. The molecule has 0 spiro atoms. The summed E-state index contributed by atoms with van der Waals surface area (Å²) in [6.07, 6.45) is 0. The second-order valence-electron chi connectivity index (χ2n) is 3.54. The molecule has 1 aliphatic rings. The molecule has 1 aromatic heterocycles. The fourth-order valence-electron chi connectivity index (χ4n) is 1.51. The minimum atomic E-state index is 0.0440. The zero-order chi connectivity index (χ0) is 11.0. The van der Waals surface area contributed by atoms with Crippen LogP contribution < -0.4 is 5.43 Å². The number of hydrogen-bond acceptors (Lipinski definition) is 5. The SMILES string of the molecule is Cc1noc(C)c1CN1NC(C)SC1=O. The maximum atomic E-state index is 11.5. The summed E-state index contributed by atoms with van der Waals surface area (Å²) in [6, 6.07) is 0. The maximum Gasteiger partial charge on any atom is 0.297 e. The van der Waals surface area contributed by atoms with Gasteiger partial charge >= 0.3 is 0 Å². The molecule has 82 valence electrons. The van der Waals surface area contributed by atoms with Crippen LogP contribution in [0.5, 0.6) is 0 Å². The molecular formula is C9H13N3O2S. The minimum Gasteiger partial charge on any atom is -0.361 e. The lowest BCUT2D eigenvalue weighted by molar-refractivity contribution is 0.198. The second kappa shape index (κ2) is 3.86. The zero-order valence-electron chi connectivity index (χ0n) is 8.90. The molecule has 5 nitrogen and oxygen atoms in total. The largest absolute Gasteiger partial charge is 0.361 e. The fraction of sp³-hybridized carbons (Fsp3) is 0.556. The van der Waals surface area contributed by atoms with E-state index in [0.717, 1.165) is 17.0 Å². The van der Waals surface area contributed by atoms with Gasteiger partial charge in [0.1, 0.15) is 5.76 Å². The third-order valence-electron chi connectivity index (χ3n) is 2.33. The number of thioether (sulfide) groups is 1. The van der Waals surface area contributed by atoms with Gasteiger partial charge in [0.2, 0.25) is 0 Å². The Morgan fingerprint density at radius 1 is 1.60 bits per heavy atom. The molecular weight excluding hydrogens is 214 g/mol. The first-order valence-electron chi connectivity index (χ1n) is 4.74. The van der Waals surface area contributed by atoms with Crippen molar-refractivity contribution in [3.8, 4) is 0 Å². The summed E-state index contributed by atoms with van der Waals surface area (Å²) in [7, 11) is 0. The quantitative estimate of drug-likeness (QED) is 0.835. The van der Waals surface area contributed by atoms with E-state index in [4.69, 9.17) is 4.52 Å². The van der Waals surface area contributed by atoms with Crippen molar-refractivity contribution >= 4 is 17.0 Å². The predicted molar refractivity (Wildman–Crippen MR) is 57.1 cm³/mol. The molecule has 0 aliphatic carbocycles. The molecule has 1 aliphatic heterocycles. The van der Waals surface area contributed by atoms with Crippen molar-refractivity contribution in [3.63, 3.8) is 0 Å². The van der Waals surface area contributed by atoms with E-state index in [1.165, 1.54) is 11.8 Å². The van der Waals surface area contributed by atoms with E-state index >= 15 is 0 Å². The molecule has 0 radical (unpaired) electrons. The number of nitrogens with zero attached hydrogens (tertiary/aromatic N) is 2. The number of carbonyl (C=O) groups excluding carboxylic acids is 1. The predicted octanol–water partition coefficient (Wildman–Crippen LogP) is 1.81. The minimum absolute atomic E-state index is 0.0440. The lowest BCUT2D eigenvalue weighted by atomic mass is 10.2. The van der Waals surface area contributed by atoms with Crippen LogP contribution >= 0.6 is 11.8 Å². The Balaban J connectivity index is 2.12. The van der Waals surface area contributed by atoms with Crippen LogP contribution in [0, 0.1) is 13.8 Å². The first-order chi connectivity index (χ1) is 7.08. The number of aromatic nitrogens is 1. The topological polar surface area (TPSA) is 58.4 Å². The van der Waals surface area contributed by atoms with Gasteiger partial charge in [0.05, 0.1) is 17.6 Å². The van der Waals surface area contributed by atoms with Gasteiger partial charge in [-0.05, 0) is 32.5 Å². The normalized spacial score (nSPS) is 21.4. The van der Waals surface area contributed by atoms with Gasteiger partial charge in [0.15, 0.2) is 0 Å². The number of aryl methyl sites for hydroxylation is 2. The van der Waals surface area contributed by atoms with E-state index < -0.39 is 0 Å². The Bertz CT molecular complexity index is 371. The van der Waals surface area contributed by atoms with Gasteiger partial charge < -0.3 is 4.52 Å². The second-order valence-corrected chi connectivity index (χ2v) is 4.84. The molecule has 2 rings (SSSR count). The summed E-state index contributed by atoms with van der Waals surface area (Å²) in [5.74, 6) is 0.770. The highest BCUT2D eigenvalue weighted by atomic mass is 32.2. The van der Waals surface area contributed by atoms with Crippen molar-refractivity contribution in [2.75, 3.05) is 0 Å². The molecule has 1 saturated heterocycles. The maximum absolute atomic E-state index is 11.5. The molecule has 1 atom stereocenters. The van der Waals surface area contributed by atoms with E-state index in [0.29, 0.717) is 6.54 Å². The molecule has 1 aromatic rings. The molecule has 1 amide bonds. The smallest absolute Gasteiger partial charge is 0.297 e. The van der Waals surface area contributed by atoms with Crippen molar-refractivity contribution in [2.24, 2.45) is 0 Å². The first kappa shape index (κ1) is 10.5. The van der Waals surface area contributed by atoms with Crippen LogP contribution in [0.3, 0.4) is 0 Å². The van der Waals surface area contributed by atoms with Crippen LogP contribution in [0.4, 0.5) is 4.79 Å². The van der Waals surface area contributed by atoms with Crippen LogP contribution in [0.25, 0.3) is 0 Å². The molecule has 1 fully saturated rings. The fourth-order valence-corrected chi connectivity index (χ4v) is 2.24. The number of amides is 1. The molecule has 0 bridgehead atoms. The van der Waals surface area contributed by atoms with Gasteiger partial charge in [-0.2, -0.15) is 0 Å². The average molecular weight is 227 g/mol. The Kier molecular flexibility index (Phi) is 2.70. The highest BCUT2D eigenvalue weighted by molar-refractivity contribution is 8.14. The van der Waals surface area contributed by atoms with Crippen LogP contribution in [-0.2, 0) is 6.54 Å². The third-order valence-corrected chi connectivity index (χ3v) is 3.21. The van der Waals surface area contributed by atoms with Gasteiger partial charge in [0, 0.05) is 5.56 Å². The van der Waals surface area contributed by atoms with E-state index in [-0.39, 0.29) is 10.6 Å². The van der Waals surface area contributed by atoms with Gasteiger partial charge in [-0.3, -0.25) is 9.80 Å². The van der Waals surface area contributed by atoms with Crippen molar-refractivity contribution in [2.45, 2.75) is 32.7 Å². The summed E-state index contributed by atoms with van der Waals surface area (Å²) in [4.78, 5) is 11.5. The number of rotatable bonds is 2. The van der Waals surface area contributed by atoms with Crippen LogP contribution in [0.1, 0.15) is 23.9 Å². The monoisotopic (exact) mass is 227 g/mol. The van der Waals surface area contributed by atoms with Crippen molar-refractivity contribution < 1.29 is 9.32 Å². The highest BCUT2D eigenvalue weighted by Crippen LogP contribution is 2.24. The number of carbonyl (C=O) groups is 1. The number of hydrogen-bond donors (Lipinski definition) is 1. The number of nitrogens with one attached hydrogen (secondary N) is 1. The summed E-state index contributed by atoms with van der Waals surface area (Å²) in [5, 5.41) is 5.63. The lowest BCUT2D eigenvalue weighted by Gasteiger charge is -2.15. The molecule has 1 unspecified atom stereocenters. The summed E-state index contributed by atoms with van der Waals surface area (Å²) < 4.78 is 5.05. The van der Waals surface area contributed by atoms with E-state index in [1.54, 1.807) is 5.01 Å². The molecule has 2 heterocycles. The Labute approximate surface area is 92.1 Å². The standard InChI is InChI=1S/C9H13N3O2S/c1-5-8(6(2)14-11-5)4-12-9(13)15-7(3)10-12/h7,10H,4H2,1-3H3. The summed E-state index contributed by atoms with van der Waals surface area (Å²) in [6.45, 7) is 6.20. The van der Waals surface area contributed by atoms with E-state index in [9.17, 15) is 4.79 Å². The first-order valence-corrected chi connectivity index (χ1v) is 5.62. The van der Waals surface area contributed by atoms with Gasteiger partial charge in [-0.25, -0.2) is 5.43 Å². The van der Waals surface area contributed by atoms with Gasteiger partial charge in [0.25, 0.3) is 5.24 Å². The van der Waals surface area contributed by atoms with Crippen molar-refractivity contribution in [1.82, 2.24) is 15.6 Å². The number of hydrazine groups is 1. The molecule has 15 heavy (non-hydrogen) atoms. The van der Waals surface area contributed by atoms with Crippen LogP contribution in [0.15, 0.2) is 4.52 Å². The molecule has 0 aromatic carbocycles. The lowest BCUT2D eigenvalue weighted by Crippen LogP contribution is -2.35. The van der Waals surface area contributed by atoms with Crippen molar-refractivity contribution in [1.29, 1.82) is 0 Å². The summed E-state index contributed by atoms with van der Waals surface area (Å²) in [5.41, 5.74) is 4.89. The molecule has 0 saturated carbocycles. The Morgan fingerprint density at radius 2 is 2.33 bits per heavy atom.